The van der Waals surface area contributed by atoms with Gasteiger partial charge in [0, 0.05) is 0 Å². The van der Waals surface area contributed by atoms with Crippen LogP contribution in [0.2, 0.25) is 0 Å². The van der Waals surface area contributed by atoms with Crippen molar-refractivity contribution < 1.29 is 9.53 Å². The van der Waals surface area contributed by atoms with Crippen LogP contribution in [-0.4, -0.2) is 5.97 Å². The highest BCUT2D eigenvalue weighted by Crippen LogP contribution is 2.15. The number of unbranched alkanes of at least 4 members (excludes halogenated alkanes) is 22. The Bertz CT molecular complexity index is 607. The molecule has 1 aromatic rings. The lowest BCUT2D eigenvalue weighted by molar-refractivity contribution is -0.133. The monoisotopic (exact) mass is 498 g/mol. The minimum Gasteiger partial charge on any atom is -0.426 e. The van der Waals surface area contributed by atoms with E-state index in [1.165, 1.54) is 141 Å². The van der Waals surface area contributed by atoms with Gasteiger partial charge in [-0.1, -0.05) is 172 Å². The van der Waals surface area contributed by atoms with E-state index in [1.807, 2.05) is 36.4 Å². The molecule has 0 spiro atoms. The van der Waals surface area contributed by atoms with E-state index >= 15 is 0 Å². The summed E-state index contributed by atoms with van der Waals surface area (Å²) < 4.78 is 5.28. The lowest BCUT2D eigenvalue weighted by atomic mass is 10.0. The van der Waals surface area contributed by atoms with Gasteiger partial charge in [0.2, 0.25) is 0 Å². The molecule has 0 unspecified atom stereocenters. The van der Waals surface area contributed by atoms with Gasteiger partial charge in [-0.3, -0.25) is 4.79 Å². The number of carbonyl (C=O) groups is 1. The molecule has 2 heteroatoms. The second-order valence-corrected chi connectivity index (χ2v) is 10.7. The van der Waals surface area contributed by atoms with Crippen LogP contribution in [0.25, 0.3) is 0 Å². The van der Waals surface area contributed by atoms with Gasteiger partial charge in [0.15, 0.2) is 0 Å². The van der Waals surface area contributed by atoms with Gasteiger partial charge in [0.1, 0.15) is 5.75 Å². The zero-order valence-electron chi connectivity index (χ0n) is 23.8. The van der Waals surface area contributed by atoms with E-state index in [-0.39, 0.29) is 5.97 Å². The fourth-order valence-corrected chi connectivity index (χ4v) is 4.83. The number of rotatable bonds is 26. The van der Waals surface area contributed by atoms with E-state index in [9.17, 15) is 4.79 Å². The van der Waals surface area contributed by atoms with Crippen molar-refractivity contribution in [2.45, 2.75) is 161 Å². The normalized spacial score (nSPS) is 11.4. The number of para-hydroxylation sites is 1. The second-order valence-electron chi connectivity index (χ2n) is 10.7. The molecule has 0 bridgehead atoms. The van der Waals surface area contributed by atoms with E-state index in [1.54, 1.807) is 0 Å². The molecule has 1 aromatic carbocycles. The Morgan fingerprint density at radius 2 is 0.944 bits per heavy atom. The SMILES string of the molecule is CCCCCCCCCCCCCCCCCCCCCCCC/C=C/CC(=O)Oc1ccccc1. The molecular weight excluding hydrogens is 440 g/mol. The Labute approximate surface area is 224 Å². The lowest BCUT2D eigenvalue weighted by Crippen LogP contribution is -2.05. The van der Waals surface area contributed by atoms with Crippen LogP contribution in [0.15, 0.2) is 42.5 Å². The van der Waals surface area contributed by atoms with Gasteiger partial charge in [0.05, 0.1) is 6.42 Å². The van der Waals surface area contributed by atoms with Gasteiger partial charge in [-0.2, -0.15) is 0 Å². The number of benzene rings is 1. The van der Waals surface area contributed by atoms with Crippen LogP contribution in [0, 0.1) is 0 Å². The van der Waals surface area contributed by atoms with Gasteiger partial charge in [-0.15, -0.1) is 0 Å². The van der Waals surface area contributed by atoms with Crippen LogP contribution < -0.4 is 4.74 Å². The molecule has 0 aliphatic heterocycles. The first kappa shape index (κ1) is 32.5. The summed E-state index contributed by atoms with van der Waals surface area (Å²) in [6, 6.07) is 9.28. The van der Waals surface area contributed by atoms with Gasteiger partial charge in [0.25, 0.3) is 0 Å². The smallest absolute Gasteiger partial charge is 0.315 e. The highest BCUT2D eigenvalue weighted by atomic mass is 16.5. The fourth-order valence-electron chi connectivity index (χ4n) is 4.83. The molecule has 0 N–H and O–H groups in total. The molecule has 0 amide bonds. The number of hydrogen-bond donors (Lipinski definition) is 0. The lowest BCUT2D eigenvalue weighted by Gasteiger charge is -2.04. The first-order valence-corrected chi connectivity index (χ1v) is 15.7. The molecule has 2 nitrogen and oxygen atoms in total. The number of carbonyl (C=O) groups excluding carboxylic acids is 1. The maximum absolute atomic E-state index is 11.8. The summed E-state index contributed by atoms with van der Waals surface area (Å²) in [6.45, 7) is 2.30. The Morgan fingerprint density at radius 3 is 1.36 bits per heavy atom. The molecule has 1 rings (SSSR count). The van der Waals surface area contributed by atoms with Crippen molar-refractivity contribution in [2.24, 2.45) is 0 Å². The molecule has 206 valence electrons. The zero-order chi connectivity index (χ0) is 25.8. The van der Waals surface area contributed by atoms with E-state index in [0.717, 1.165) is 6.42 Å². The summed E-state index contributed by atoms with van der Waals surface area (Å²) in [7, 11) is 0. The average Bonchev–Trinajstić information content (AvgIpc) is 2.89. The summed E-state index contributed by atoms with van der Waals surface area (Å²) in [5, 5.41) is 0. The summed E-state index contributed by atoms with van der Waals surface area (Å²) in [5.74, 6) is 0.432. The third kappa shape index (κ3) is 22.9. The first-order valence-electron chi connectivity index (χ1n) is 15.7. The predicted molar refractivity (Wildman–Crippen MR) is 158 cm³/mol. The van der Waals surface area contributed by atoms with Crippen molar-refractivity contribution in [3.8, 4) is 5.75 Å². The van der Waals surface area contributed by atoms with E-state index in [0.29, 0.717) is 12.2 Å². The summed E-state index contributed by atoms with van der Waals surface area (Å²) in [4.78, 5) is 11.8. The van der Waals surface area contributed by atoms with Crippen LogP contribution in [0.3, 0.4) is 0 Å². The van der Waals surface area contributed by atoms with Crippen molar-refractivity contribution in [3.63, 3.8) is 0 Å². The van der Waals surface area contributed by atoms with Gasteiger partial charge < -0.3 is 4.74 Å². The summed E-state index contributed by atoms with van der Waals surface area (Å²) >= 11 is 0. The Balaban J connectivity index is 1.71. The molecule has 0 radical (unpaired) electrons. The second kappa shape index (κ2) is 26.5. The largest absolute Gasteiger partial charge is 0.426 e. The molecule has 0 atom stereocenters. The van der Waals surface area contributed by atoms with Crippen molar-refractivity contribution in [3.05, 3.63) is 42.5 Å². The highest BCUT2D eigenvalue weighted by molar-refractivity contribution is 5.73. The molecule has 0 heterocycles. The fraction of sp³-hybridized carbons (Fsp3) is 0.735. The minimum absolute atomic E-state index is 0.188. The first-order chi connectivity index (χ1) is 17.8. The zero-order valence-corrected chi connectivity index (χ0v) is 23.8. The third-order valence-electron chi connectivity index (χ3n) is 7.15. The maximum atomic E-state index is 11.8. The van der Waals surface area contributed by atoms with E-state index in [2.05, 4.69) is 13.0 Å². The number of esters is 1. The topological polar surface area (TPSA) is 26.3 Å². The molecule has 0 aliphatic rings. The predicted octanol–water partition coefficient (Wildman–Crippen LogP) is 11.5. The summed E-state index contributed by atoms with van der Waals surface area (Å²) in [6.07, 6.45) is 36.8. The van der Waals surface area contributed by atoms with E-state index < -0.39 is 0 Å². The van der Waals surface area contributed by atoms with Gasteiger partial charge in [-0.25, -0.2) is 0 Å². The maximum Gasteiger partial charge on any atom is 0.315 e. The van der Waals surface area contributed by atoms with Gasteiger partial charge in [-0.05, 0) is 25.0 Å². The van der Waals surface area contributed by atoms with Crippen LogP contribution in [0.4, 0.5) is 0 Å². The average molecular weight is 499 g/mol. The number of ether oxygens (including phenoxy) is 1. The molecule has 0 aromatic heterocycles. The Hall–Kier alpha value is -1.57. The van der Waals surface area contributed by atoms with E-state index in [4.69, 9.17) is 4.74 Å². The van der Waals surface area contributed by atoms with Crippen LogP contribution in [0.1, 0.15) is 161 Å². The standard InChI is InChI=1S/C34H58O2/c1-2-3-4-5-6-7-8-9-10-11-12-13-14-15-16-17-18-19-20-21-22-23-24-25-29-32-34(35)36-33-30-27-26-28-31-33/h25-31H,2-24,32H2,1H3/b29-25+. The quantitative estimate of drug-likeness (QED) is 0.0549. The van der Waals surface area contributed by atoms with Crippen LogP contribution >= 0.6 is 0 Å². The Morgan fingerprint density at radius 1 is 0.556 bits per heavy atom. The van der Waals surface area contributed by atoms with Crippen molar-refractivity contribution in [1.29, 1.82) is 0 Å². The van der Waals surface area contributed by atoms with Crippen molar-refractivity contribution in [2.75, 3.05) is 0 Å². The molecule has 0 fully saturated rings. The van der Waals surface area contributed by atoms with Gasteiger partial charge >= 0.3 is 5.97 Å². The van der Waals surface area contributed by atoms with Crippen LogP contribution in [0.5, 0.6) is 5.75 Å². The number of hydrogen-bond acceptors (Lipinski definition) is 2. The third-order valence-corrected chi connectivity index (χ3v) is 7.15. The van der Waals surface area contributed by atoms with Crippen molar-refractivity contribution in [1.82, 2.24) is 0 Å². The highest BCUT2D eigenvalue weighted by Gasteiger charge is 2.01. The van der Waals surface area contributed by atoms with Crippen LogP contribution in [-0.2, 0) is 4.79 Å². The molecular formula is C34H58O2. The Kier molecular flexibility index (Phi) is 23.9. The molecule has 0 aliphatic carbocycles. The molecule has 36 heavy (non-hydrogen) atoms. The number of allylic oxidation sites excluding steroid dienone is 1. The minimum atomic E-state index is -0.188. The summed E-state index contributed by atoms with van der Waals surface area (Å²) in [5.41, 5.74) is 0. The molecule has 0 saturated heterocycles. The van der Waals surface area contributed by atoms with Crippen molar-refractivity contribution >= 4 is 5.97 Å². The molecule has 0 saturated carbocycles.